The number of hydrogen-bond donors (Lipinski definition) is 2. The van der Waals surface area contributed by atoms with E-state index in [0.717, 1.165) is 0 Å². The van der Waals surface area contributed by atoms with Gasteiger partial charge in [0.15, 0.2) is 11.5 Å². The molecule has 6 nitrogen and oxygen atoms in total. The quantitative estimate of drug-likeness (QED) is 0.792. The van der Waals surface area contributed by atoms with Crippen molar-refractivity contribution in [3.05, 3.63) is 59.7 Å². The fourth-order valence-electron chi connectivity index (χ4n) is 1.52. The summed E-state index contributed by atoms with van der Waals surface area (Å²) < 4.78 is 10.3. The minimum Gasteiger partial charge on any atom is -0.478 e. The molecule has 0 atom stereocenters. The molecule has 0 aliphatic rings. The molecule has 0 radical (unpaired) electrons. The van der Waals surface area contributed by atoms with Crippen LogP contribution in [0.1, 0.15) is 20.7 Å². The van der Waals surface area contributed by atoms with E-state index in [1.165, 1.54) is 24.3 Å². The Morgan fingerprint density at radius 3 is 1.52 bits per heavy atom. The van der Waals surface area contributed by atoms with E-state index < -0.39 is 11.9 Å². The standard InChI is InChI=1S/C14H10O6S/c15-13(16)9-5-1-3-7-11(9)19-21-20-12-8-4-2-6-10(12)14(17)18/h1-8H,(H,15,16)(H,17,18). The monoisotopic (exact) mass is 306 g/mol. The maximum atomic E-state index is 11.0. The number of rotatable bonds is 6. The fraction of sp³-hybridized carbons (Fsp3) is 0. The van der Waals surface area contributed by atoms with Gasteiger partial charge < -0.3 is 18.6 Å². The first-order valence-corrected chi connectivity index (χ1v) is 6.42. The van der Waals surface area contributed by atoms with Crippen LogP contribution in [0.2, 0.25) is 0 Å². The molecule has 0 fully saturated rings. The Labute approximate surface area is 124 Å². The van der Waals surface area contributed by atoms with Crippen LogP contribution in [0.3, 0.4) is 0 Å². The molecule has 0 aliphatic heterocycles. The molecule has 2 N–H and O–H groups in total. The van der Waals surface area contributed by atoms with Gasteiger partial charge in [0.2, 0.25) is 0 Å². The first-order valence-electron chi connectivity index (χ1n) is 5.75. The molecule has 0 aromatic heterocycles. The third-order valence-corrected chi connectivity index (χ3v) is 2.98. The SMILES string of the molecule is O=C(O)c1ccccc1OSOc1ccccc1C(=O)O. The maximum absolute atomic E-state index is 11.0. The lowest BCUT2D eigenvalue weighted by atomic mass is 10.2. The van der Waals surface area contributed by atoms with Crippen LogP contribution in [-0.4, -0.2) is 22.2 Å². The molecule has 0 heterocycles. The van der Waals surface area contributed by atoms with Crippen LogP contribution in [0.5, 0.6) is 11.5 Å². The van der Waals surface area contributed by atoms with Crippen LogP contribution in [0.15, 0.2) is 48.5 Å². The van der Waals surface area contributed by atoms with Crippen molar-refractivity contribution in [1.82, 2.24) is 0 Å². The van der Waals surface area contributed by atoms with Crippen molar-refractivity contribution in [2.24, 2.45) is 0 Å². The molecule has 0 spiro atoms. The fourth-order valence-corrected chi connectivity index (χ4v) is 1.99. The second-order valence-electron chi connectivity index (χ2n) is 3.84. The molecule has 0 aliphatic carbocycles. The summed E-state index contributed by atoms with van der Waals surface area (Å²) >= 11 is 0.496. The average Bonchev–Trinajstić information content (AvgIpc) is 2.48. The lowest BCUT2D eigenvalue weighted by Gasteiger charge is -2.08. The Kier molecular flexibility index (Phi) is 4.68. The number of carbonyl (C=O) groups is 2. The van der Waals surface area contributed by atoms with Crippen molar-refractivity contribution in [2.45, 2.75) is 0 Å². The minimum absolute atomic E-state index is 0.0138. The Bertz CT molecular complexity index is 613. The molecule has 2 aromatic rings. The summed E-state index contributed by atoms with van der Waals surface area (Å²) in [5.41, 5.74) is -0.0276. The van der Waals surface area contributed by atoms with Gasteiger partial charge >= 0.3 is 11.9 Å². The molecule has 21 heavy (non-hydrogen) atoms. The van der Waals surface area contributed by atoms with Crippen molar-refractivity contribution in [3.8, 4) is 11.5 Å². The Hall–Kier alpha value is -2.67. The number of hydrogen-bond acceptors (Lipinski definition) is 5. The molecule has 2 rings (SSSR count). The summed E-state index contributed by atoms with van der Waals surface area (Å²) in [6, 6.07) is 12.1. The highest BCUT2D eigenvalue weighted by Gasteiger charge is 2.14. The van der Waals surface area contributed by atoms with Gasteiger partial charge in [-0.3, -0.25) is 0 Å². The van der Waals surface area contributed by atoms with Gasteiger partial charge in [0.25, 0.3) is 12.3 Å². The normalized spacial score (nSPS) is 9.90. The Morgan fingerprint density at radius 1 is 0.762 bits per heavy atom. The summed E-state index contributed by atoms with van der Waals surface area (Å²) in [5, 5.41) is 18.0. The second kappa shape index (κ2) is 6.67. The largest absolute Gasteiger partial charge is 0.478 e. The predicted molar refractivity (Wildman–Crippen MR) is 75.6 cm³/mol. The first kappa shape index (κ1) is 14.7. The first-order chi connectivity index (χ1) is 10.1. The van der Waals surface area contributed by atoms with Crippen LogP contribution in [0.25, 0.3) is 0 Å². The van der Waals surface area contributed by atoms with E-state index in [2.05, 4.69) is 0 Å². The highest BCUT2D eigenvalue weighted by atomic mass is 32.2. The third kappa shape index (κ3) is 3.67. The van der Waals surface area contributed by atoms with E-state index in [1.807, 2.05) is 0 Å². The number of para-hydroxylation sites is 2. The molecule has 0 unspecified atom stereocenters. The number of carboxylic acid groups (broad SMARTS) is 2. The smallest absolute Gasteiger partial charge is 0.339 e. The summed E-state index contributed by atoms with van der Waals surface area (Å²) in [6.45, 7) is 0. The zero-order valence-electron chi connectivity index (χ0n) is 10.6. The van der Waals surface area contributed by atoms with E-state index in [1.54, 1.807) is 24.3 Å². The van der Waals surface area contributed by atoms with E-state index in [0.29, 0.717) is 12.3 Å². The van der Waals surface area contributed by atoms with Crippen molar-refractivity contribution in [3.63, 3.8) is 0 Å². The van der Waals surface area contributed by atoms with Gasteiger partial charge in [-0.05, 0) is 24.3 Å². The van der Waals surface area contributed by atoms with E-state index in [-0.39, 0.29) is 22.6 Å². The highest BCUT2D eigenvalue weighted by Crippen LogP contribution is 2.26. The molecular weight excluding hydrogens is 296 g/mol. The molecule has 108 valence electrons. The van der Waals surface area contributed by atoms with Crippen molar-refractivity contribution in [2.75, 3.05) is 0 Å². The number of benzene rings is 2. The molecule has 0 bridgehead atoms. The zero-order valence-corrected chi connectivity index (χ0v) is 11.4. The Balaban J connectivity index is 2.06. The van der Waals surface area contributed by atoms with Gasteiger partial charge in [-0.15, -0.1) is 0 Å². The van der Waals surface area contributed by atoms with Gasteiger partial charge in [-0.25, -0.2) is 9.59 Å². The zero-order chi connectivity index (χ0) is 15.2. The minimum atomic E-state index is -1.13. The summed E-state index contributed by atoms with van der Waals surface area (Å²) in [4.78, 5) is 22.0. The predicted octanol–water partition coefficient (Wildman–Crippen LogP) is 3.10. The van der Waals surface area contributed by atoms with Gasteiger partial charge in [0.1, 0.15) is 11.1 Å². The third-order valence-electron chi connectivity index (χ3n) is 2.48. The second-order valence-corrected chi connectivity index (χ2v) is 4.31. The molecule has 2 aromatic carbocycles. The van der Waals surface area contributed by atoms with Crippen molar-refractivity contribution >= 4 is 24.3 Å². The van der Waals surface area contributed by atoms with Crippen molar-refractivity contribution in [1.29, 1.82) is 0 Å². The van der Waals surface area contributed by atoms with Crippen LogP contribution >= 0.6 is 12.3 Å². The summed E-state index contributed by atoms with van der Waals surface area (Å²) in [5.74, 6) is -2.03. The van der Waals surface area contributed by atoms with E-state index in [4.69, 9.17) is 18.6 Å². The topological polar surface area (TPSA) is 93.1 Å². The van der Waals surface area contributed by atoms with Gasteiger partial charge in [-0.2, -0.15) is 0 Å². The molecule has 0 saturated heterocycles. The molecule has 0 saturated carbocycles. The van der Waals surface area contributed by atoms with E-state index >= 15 is 0 Å². The van der Waals surface area contributed by atoms with E-state index in [9.17, 15) is 9.59 Å². The highest BCUT2D eigenvalue weighted by molar-refractivity contribution is 7.90. The average molecular weight is 306 g/mol. The molecule has 0 amide bonds. The van der Waals surface area contributed by atoms with Crippen LogP contribution in [0.4, 0.5) is 0 Å². The molecular formula is C14H10O6S. The van der Waals surface area contributed by atoms with Gasteiger partial charge in [-0.1, -0.05) is 24.3 Å². The van der Waals surface area contributed by atoms with Crippen LogP contribution in [0, 0.1) is 0 Å². The number of carboxylic acids is 2. The molecule has 7 heteroatoms. The lowest BCUT2D eigenvalue weighted by molar-refractivity contribution is 0.0684. The number of aromatic carboxylic acids is 2. The lowest BCUT2D eigenvalue weighted by Crippen LogP contribution is -2.02. The maximum Gasteiger partial charge on any atom is 0.339 e. The van der Waals surface area contributed by atoms with Crippen LogP contribution < -0.4 is 8.37 Å². The van der Waals surface area contributed by atoms with Gasteiger partial charge in [0.05, 0.1) is 0 Å². The summed E-state index contributed by atoms with van der Waals surface area (Å²) in [6.07, 6.45) is 0. The summed E-state index contributed by atoms with van der Waals surface area (Å²) in [7, 11) is 0. The van der Waals surface area contributed by atoms with Crippen LogP contribution in [-0.2, 0) is 0 Å². The van der Waals surface area contributed by atoms with Crippen molar-refractivity contribution < 1.29 is 28.2 Å². The van der Waals surface area contributed by atoms with Gasteiger partial charge in [0, 0.05) is 0 Å². The Morgan fingerprint density at radius 2 is 1.14 bits per heavy atom.